The number of aromatic nitrogens is 3. The number of rotatable bonds is 7. The zero-order valence-corrected chi connectivity index (χ0v) is 23.1. The third-order valence-corrected chi connectivity index (χ3v) is 6.24. The van der Waals surface area contributed by atoms with Crippen molar-refractivity contribution in [2.45, 2.75) is 12.6 Å². The van der Waals surface area contributed by atoms with Gasteiger partial charge in [0.2, 0.25) is 11.9 Å². The highest BCUT2D eigenvalue weighted by atomic mass is 16.5. The Labute approximate surface area is 248 Å². The summed E-state index contributed by atoms with van der Waals surface area (Å²) in [6, 6.07) is 10.8. The van der Waals surface area contributed by atoms with Crippen LogP contribution >= 0.6 is 0 Å². The molecule has 3 amide bonds. The van der Waals surface area contributed by atoms with Crippen LogP contribution in [0.3, 0.4) is 0 Å². The molecule has 5 rings (SSSR count). The van der Waals surface area contributed by atoms with E-state index in [4.69, 9.17) is 27.7 Å². The number of carbonyl (C=O) groups is 5. The second-order valence-corrected chi connectivity index (χ2v) is 9.14. The summed E-state index contributed by atoms with van der Waals surface area (Å²) in [6.45, 7) is 0.554. The summed E-state index contributed by atoms with van der Waals surface area (Å²) in [5.41, 5.74) is 23.5. The lowest BCUT2D eigenvalue weighted by Gasteiger charge is -2.18. The summed E-state index contributed by atoms with van der Waals surface area (Å²) in [4.78, 5) is 66.5. The molecule has 17 heteroatoms. The van der Waals surface area contributed by atoms with Crippen molar-refractivity contribution in [1.82, 2.24) is 19.7 Å². The van der Waals surface area contributed by atoms with Crippen LogP contribution in [0.25, 0.3) is 5.65 Å². The minimum absolute atomic E-state index is 0.0922. The van der Waals surface area contributed by atoms with E-state index >= 15 is 0 Å². The molecule has 0 aliphatic carbocycles. The van der Waals surface area contributed by atoms with E-state index in [1.807, 2.05) is 18.2 Å². The van der Waals surface area contributed by atoms with Gasteiger partial charge in [-0.25, -0.2) is 14.6 Å². The van der Waals surface area contributed by atoms with Gasteiger partial charge in [0, 0.05) is 12.6 Å². The van der Waals surface area contributed by atoms with Gasteiger partial charge in [-0.3, -0.25) is 18.8 Å². The number of aromatic carboxylic acids is 1. The van der Waals surface area contributed by atoms with E-state index in [-0.39, 0.29) is 46.7 Å². The van der Waals surface area contributed by atoms with Crippen LogP contribution in [0, 0.1) is 0 Å². The number of fused-ring (bicyclic) bond motifs is 2. The van der Waals surface area contributed by atoms with Crippen LogP contribution in [0.5, 0.6) is 5.75 Å². The smallest absolute Gasteiger partial charge is 0.353 e. The van der Waals surface area contributed by atoms with E-state index < -0.39 is 35.5 Å². The number of hydrogen-bond acceptors (Lipinski definition) is 12. The molecule has 0 unspecified atom stereocenters. The lowest BCUT2D eigenvalue weighted by atomic mass is 10.0. The number of nitrogens with zero attached hydrogens (tertiary/aromatic N) is 3. The zero-order chi connectivity index (χ0) is 32.1. The highest BCUT2D eigenvalue weighted by molar-refractivity contribution is 5.99. The number of benzene rings is 2. The van der Waals surface area contributed by atoms with Crippen LogP contribution in [0.15, 0.2) is 48.5 Å². The van der Waals surface area contributed by atoms with Crippen LogP contribution in [0.4, 0.5) is 17.5 Å². The Morgan fingerprint density at radius 1 is 1.11 bits per heavy atom. The van der Waals surface area contributed by atoms with Crippen molar-refractivity contribution in [3.63, 3.8) is 0 Å². The van der Waals surface area contributed by atoms with E-state index in [0.717, 1.165) is 16.0 Å². The molecule has 2 aromatic heterocycles. The molecule has 3 heterocycles. The molecule has 17 nitrogen and oxygen atoms in total. The van der Waals surface area contributed by atoms with E-state index in [1.165, 1.54) is 31.4 Å². The molecule has 1 atom stereocenters. The van der Waals surface area contributed by atoms with Crippen molar-refractivity contribution in [2.24, 2.45) is 11.5 Å². The van der Waals surface area contributed by atoms with Crippen LogP contribution in [-0.2, 0) is 20.9 Å². The average Bonchev–Trinajstić information content (AvgIpc) is 3.31. The van der Waals surface area contributed by atoms with Gasteiger partial charge in [-0.15, -0.1) is 0 Å². The Balaban J connectivity index is 0.000000281. The lowest BCUT2D eigenvalue weighted by Crippen LogP contribution is -2.38. The highest BCUT2D eigenvalue weighted by Gasteiger charge is 2.25. The third kappa shape index (κ3) is 6.47. The summed E-state index contributed by atoms with van der Waals surface area (Å²) < 4.78 is 10.8. The Morgan fingerprint density at radius 2 is 1.82 bits per heavy atom. The van der Waals surface area contributed by atoms with E-state index in [1.54, 1.807) is 0 Å². The first-order valence-electron chi connectivity index (χ1n) is 12.6. The molecule has 1 aliphatic rings. The van der Waals surface area contributed by atoms with Gasteiger partial charge < -0.3 is 48.1 Å². The minimum atomic E-state index is -1.41. The number of ether oxygens (including phenoxy) is 2. The zero-order valence-electron chi connectivity index (χ0n) is 23.1. The predicted octanol–water partition coefficient (Wildman–Crippen LogP) is -0.189. The number of carboxylic acid groups (broad SMARTS) is 1. The van der Waals surface area contributed by atoms with Crippen molar-refractivity contribution in [1.29, 1.82) is 0 Å². The van der Waals surface area contributed by atoms with Crippen molar-refractivity contribution < 1.29 is 38.6 Å². The largest absolute Gasteiger partial charge is 0.482 e. The van der Waals surface area contributed by atoms with Crippen LogP contribution in [-0.4, -0.2) is 62.9 Å². The summed E-state index contributed by atoms with van der Waals surface area (Å²) >= 11 is 0. The number of anilines is 3. The fraction of sp³-hybridized carbons (Fsp3) is 0.148. The van der Waals surface area contributed by atoms with Gasteiger partial charge in [0.05, 0.1) is 18.4 Å². The molecule has 0 saturated heterocycles. The number of nitrogens with two attached hydrogens (primary N) is 4. The number of amides is 3. The quantitative estimate of drug-likeness (QED) is 0.135. The first-order chi connectivity index (χ1) is 20.9. The Morgan fingerprint density at radius 3 is 2.43 bits per heavy atom. The first kappa shape index (κ1) is 30.7. The van der Waals surface area contributed by atoms with Gasteiger partial charge in [-0.05, 0) is 35.4 Å². The Kier molecular flexibility index (Phi) is 8.90. The molecule has 44 heavy (non-hydrogen) atoms. The number of nitrogens with one attached hydrogen (secondary N) is 2. The van der Waals surface area contributed by atoms with Crippen LogP contribution < -0.4 is 38.3 Å². The first-order valence-corrected chi connectivity index (χ1v) is 12.6. The molecule has 0 bridgehead atoms. The number of esters is 1. The Hall–Kier alpha value is -6.23. The van der Waals surface area contributed by atoms with Crippen molar-refractivity contribution in [3.05, 3.63) is 76.6 Å². The van der Waals surface area contributed by atoms with Gasteiger partial charge in [0.25, 0.3) is 11.8 Å². The van der Waals surface area contributed by atoms with Gasteiger partial charge in [-0.1, -0.05) is 18.2 Å². The van der Waals surface area contributed by atoms with Crippen LogP contribution in [0.1, 0.15) is 48.5 Å². The molecule has 0 spiro atoms. The fourth-order valence-electron chi connectivity index (χ4n) is 4.12. The second kappa shape index (κ2) is 12.7. The monoisotopic (exact) mass is 605 g/mol. The van der Waals surface area contributed by atoms with E-state index in [2.05, 4.69) is 25.3 Å². The maximum Gasteiger partial charge on any atom is 0.353 e. The van der Waals surface area contributed by atoms with E-state index in [0.29, 0.717) is 18.0 Å². The molecule has 4 aromatic rings. The number of nitrogen functional groups attached to an aromatic ring is 2. The molecular weight excluding hydrogens is 578 g/mol. The average molecular weight is 606 g/mol. The number of imidazole rings is 1. The standard InChI is InChI=1S/C18H17N7O6.C9H10N2O2/c1-31-17(30)8-4-2-7(3-5-8)11(13(20)26)23-15(27)9-6-10(16(28)29)25-14(22-9)12(19)24-18(25)21;10-4-6-1-2-8-7(3-6)11-9(12)5-13-8/h2-6,11H,19H2,1H3,(H2,20,26)(H2,21,24)(H,23,27)(H,28,29);1-3H,4-5,10H2,(H,11,12)/t11-;/m1./s1. The van der Waals surface area contributed by atoms with Gasteiger partial charge in [0.15, 0.2) is 18.1 Å². The number of methoxy groups -OCH3 is 1. The molecule has 0 fully saturated rings. The highest BCUT2D eigenvalue weighted by Crippen LogP contribution is 2.28. The number of primary amides is 1. The number of carbonyl (C=O) groups excluding carboxylic acids is 4. The topological polar surface area (TPSA) is 282 Å². The number of carboxylic acids is 1. The summed E-state index contributed by atoms with van der Waals surface area (Å²) in [5.74, 6) is -3.60. The van der Waals surface area contributed by atoms with Crippen LogP contribution in [0.2, 0.25) is 0 Å². The SMILES string of the molecule is COC(=O)c1ccc([C@@H](NC(=O)c2cc(C(=O)O)n3c(N)nc(N)c3n2)C(N)=O)cc1.NCc1ccc2c(c1)NC(=O)CO2. The van der Waals surface area contributed by atoms with Gasteiger partial charge >= 0.3 is 11.9 Å². The molecular formula is C27H27N9O8. The molecule has 11 N–H and O–H groups in total. The maximum absolute atomic E-state index is 12.7. The van der Waals surface area contributed by atoms with E-state index in [9.17, 15) is 29.1 Å². The fourth-order valence-corrected chi connectivity index (χ4v) is 4.12. The molecule has 2 aromatic carbocycles. The molecule has 228 valence electrons. The third-order valence-electron chi connectivity index (χ3n) is 6.24. The van der Waals surface area contributed by atoms with Crippen molar-refractivity contribution in [3.8, 4) is 5.75 Å². The Bertz CT molecular complexity index is 1790. The summed E-state index contributed by atoms with van der Waals surface area (Å²) in [7, 11) is 1.22. The molecule has 0 saturated carbocycles. The molecule has 0 radical (unpaired) electrons. The predicted molar refractivity (Wildman–Crippen MR) is 154 cm³/mol. The van der Waals surface area contributed by atoms with Gasteiger partial charge in [0.1, 0.15) is 23.2 Å². The molecule has 1 aliphatic heterocycles. The minimum Gasteiger partial charge on any atom is -0.482 e. The van der Waals surface area contributed by atoms with Crippen molar-refractivity contribution in [2.75, 3.05) is 30.5 Å². The normalized spacial score (nSPS) is 12.5. The summed E-state index contributed by atoms with van der Waals surface area (Å²) in [6.07, 6.45) is 0. The van der Waals surface area contributed by atoms with Crippen molar-refractivity contribution >= 4 is 52.8 Å². The number of hydrogen-bond donors (Lipinski definition) is 7. The lowest BCUT2D eigenvalue weighted by molar-refractivity contribution is -0.120. The summed E-state index contributed by atoms with van der Waals surface area (Å²) in [5, 5.41) is 14.5. The maximum atomic E-state index is 12.7. The van der Waals surface area contributed by atoms with Gasteiger partial charge in [-0.2, -0.15) is 4.98 Å². The second-order valence-electron chi connectivity index (χ2n) is 9.14.